The zero-order chi connectivity index (χ0) is 15.6. The number of fused-ring (bicyclic) bond motifs is 1. The Balaban J connectivity index is 1.78. The Morgan fingerprint density at radius 3 is 2.61 bits per heavy atom. The second-order valence-electron chi connectivity index (χ2n) is 5.37. The molecule has 0 N–H and O–H groups in total. The molecule has 0 bridgehead atoms. The second-order valence-corrected chi connectivity index (χ2v) is 6.61. The van der Waals surface area contributed by atoms with Crippen molar-refractivity contribution in [3.63, 3.8) is 0 Å². The van der Waals surface area contributed by atoms with Crippen LogP contribution in [0, 0.1) is 5.82 Å². The number of rotatable bonds is 2. The molecule has 0 saturated heterocycles. The molecule has 4 heteroatoms. The van der Waals surface area contributed by atoms with Crippen molar-refractivity contribution in [1.82, 2.24) is 0 Å². The fourth-order valence-electron chi connectivity index (χ4n) is 2.67. The molecular formula is C19H14FNOS. The van der Waals surface area contributed by atoms with Crippen LogP contribution in [0.1, 0.15) is 23.0 Å². The molecule has 0 unspecified atom stereocenters. The maximum absolute atomic E-state index is 13.2. The van der Waals surface area contributed by atoms with Crippen LogP contribution in [0.25, 0.3) is 0 Å². The normalized spacial score (nSPS) is 17.3. The third kappa shape index (κ3) is 2.94. The Morgan fingerprint density at radius 2 is 1.83 bits per heavy atom. The van der Waals surface area contributed by atoms with Gasteiger partial charge >= 0.3 is 0 Å². The summed E-state index contributed by atoms with van der Waals surface area (Å²) in [7, 11) is 0. The van der Waals surface area contributed by atoms with Crippen molar-refractivity contribution < 1.29 is 8.81 Å². The highest BCUT2D eigenvalue weighted by Crippen LogP contribution is 2.45. The summed E-state index contributed by atoms with van der Waals surface area (Å²) in [4.78, 5) is 5.93. The van der Waals surface area contributed by atoms with Gasteiger partial charge in [0.25, 0.3) is 0 Å². The van der Waals surface area contributed by atoms with Crippen molar-refractivity contribution in [2.75, 3.05) is 0 Å². The van der Waals surface area contributed by atoms with Crippen molar-refractivity contribution >= 4 is 23.2 Å². The standard InChI is InChI=1S/C19H14FNOS/c20-14-9-7-13(8-10-14)19-12-16(17-5-3-11-22-17)21-15-4-1-2-6-18(15)23-19/h1-11,19H,12H2/t19-/m1/s1. The van der Waals surface area contributed by atoms with Gasteiger partial charge < -0.3 is 4.42 Å². The monoisotopic (exact) mass is 323 g/mol. The van der Waals surface area contributed by atoms with E-state index in [0.717, 1.165) is 34.0 Å². The Hall–Kier alpha value is -2.33. The van der Waals surface area contributed by atoms with Crippen molar-refractivity contribution in [3.8, 4) is 0 Å². The molecule has 0 fully saturated rings. The molecule has 1 aromatic heterocycles. The van der Waals surface area contributed by atoms with E-state index in [1.165, 1.54) is 12.1 Å². The number of nitrogens with zero attached hydrogens (tertiary/aromatic N) is 1. The predicted octanol–water partition coefficient (Wildman–Crippen LogP) is 5.78. The smallest absolute Gasteiger partial charge is 0.148 e. The van der Waals surface area contributed by atoms with Crippen LogP contribution < -0.4 is 0 Å². The molecule has 0 saturated carbocycles. The van der Waals surface area contributed by atoms with Gasteiger partial charge in [0.1, 0.15) is 11.6 Å². The summed E-state index contributed by atoms with van der Waals surface area (Å²) in [5.41, 5.74) is 2.96. The van der Waals surface area contributed by atoms with E-state index < -0.39 is 0 Å². The molecule has 2 heterocycles. The average molecular weight is 323 g/mol. The predicted molar refractivity (Wildman–Crippen MR) is 91.0 cm³/mol. The van der Waals surface area contributed by atoms with Gasteiger partial charge in [0.2, 0.25) is 0 Å². The molecule has 1 aliphatic rings. The van der Waals surface area contributed by atoms with Crippen LogP contribution in [0.2, 0.25) is 0 Å². The third-order valence-corrected chi connectivity index (χ3v) is 5.14. The van der Waals surface area contributed by atoms with Crippen LogP contribution in [0.4, 0.5) is 10.1 Å². The van der Waals surface area contributed by atoms with Crippen molar-refractivity contribution in [2.24, 2.45) is 4.99 Å². The Morgan fingerprint density at radius 1 is 1.00 bits per heavy atom. The number of benzene rings is 2. The van der Waals surface area contributed by atoms with Gasteiger partial charge in [-0.1, -0.05) is 24.3 Å². The molecule has 114 valence electrons. The second kappa shape index (κ2) is 6.05. The highest BCUT2D eigenvalue weighted by Gasteiger charge is 2.23. The largest absolute Gasteiger partial charge is 0.463 e. The minimum atomic E-state index is -0.215. The summed E-state index contributed by atoms with van der Waals surface area (Å²) >= 11 is 1.76. The number of aliphatic imine (C=N–C) groups is 1. The Labute approximate surface area is 138 Å². The van der Waals surface area contributed by atoms with Crippen LogP contribution in [0.5, 0.6) is 0 Å². The zero-order valence-electron chi connectivity index (χ0n) is 12.3. The molecule has 1 aliphatic heterocycles. The highest BCUT2D eigenvalue weighted by molar-refractivity contribution is 7.99. The lowest BCUT2D eigenvalue weighted by atomic mass is 10.1. The SMILES string of the molecule is Fc1ccc([C@H]2CC(c3ccco3)=Nc3ccccc3S2)cc1. The van der Waals surface area contributed by atoms with Crippen molar-refractivity contribution in [2.45, 2.75) is 16.6 Å². The molecule has 4 rings (SSSR count). The number of thioether (sulfide) groups is 1. The maximum atomic E-state index is 13.2. The van der Waals surface area contributed by atoms with Crippen LogP contribution in [0.15, 0.2) is 81.2 Å². The first-order chi connectivity index (χ1) is 11.3. The molecular weight excluding hydrogens is 309 g/mol. The minimum Gasteiger partial charge on any atom is -0.463 e. The average Bonchev–Trinajstić information content (AvgIpc) is 3.03. The van der Waals surface area contributed by atoms with Gasteiger partial charge in [0.05, 0.1) is 17.7 Å². The lowest BCUT2D eigenvalue weighted by molar-refractivity contribution is 0.555. The van der Waals surface area contributed by atoms with E-state index in [9.17, 15) is 4.39 Å². The molecule has 1 atom stereocenters. The summed E-state index contributed by atoms with van der Waals surface area (Å²) in [6.07, 6.45) is 2.40. The molecule has 2 aromatic carbocycles. The highest BCUT2D eigenvalue weighted by atomic mass is 32.2. The van der Waals surface area contributed by atoms with Gasteiger partial charge in [-0.05, 0) is 42.0 Å². The fraction of sp³-hybridized carbons (Fsp3) is 0.105. The van der Waals surface area contributed by atoms with Gasteiger partial charge in [-0.3, -0.25) is 0 Å². The summed E-state index contributed by atoms with van der Waals surface area (Å²) in [6, 6.07) is 18.6. The molecule has 0 aliphatic carbocycles. The van der Waals surface area contributed by atoms with E-state index in [0.29, 0.717) is 0 Å². The Bertz CT molecular complexity index is 840. The van der Waals surface area contributed by atoms with Crippen LogP contribution in [-0.2, 0) is 0 Å². The summed E-state index contributed by atoms with van der Waals surface area (Å²) in [5, 5.41) is 0.170. The Kier molecular flexibility index (Phi) is 3.75. The molecule has 3 aromatic rings. The first-order valence-electron chi connectivity index (χ1n) is 7.42. The van der Waals surface area contributed by atoms with Gasteiger partial charge in [-0.25, -0.2) is 9.38 Å². The van der Waals surface area contributed by atoms with Crippen molar-refractivity contribution in [1.29, 1.82) is 0 Å². The minimum absolute atomic E-state index is 0.170. The lowest BCUT2D eigenvalue weighted by Crippen LogP contribution is -2.04. The molecule has 0 spiro atoms. The number of hydrogen-bond acceptors (Lipinski definition) is 3. The number of para-hydroxylation sites is 1. The van der Waals surface area contributed by atoms with E-state index >= 15 is 0 Å². The number of furan rings is 1. The first-order valence-corrected chi connectivity index (χ1v) is 8.30. The van der Waals surface area contributed by atoms with E-state index in [4.69, 9.17) is 9.41 Å². The third-order valence-electron chi connectivity index (χ3n) is 3.82. The molecule has 2 nitrogen and oxygen atoms in total. The van der Waals surface area contributed by atoms with E-state index in [1.807, 2.05) is 42.5 Å². The van der Waals surface area contributed by atoms with E-state index in [2.05, 4.69) is 6.07 Å². The first kappa shape index (κ1) is 14.3. The summed E-state index contributed by atoms with van der Waals surface area (Å²) in [5.74, 6) is 0.571. The van der Waals surface area contributed by atoms with Crippen LogP contribution in [-0.4, -0.2) is 5.71 Å². The van der Waals surface area contributed by atoms with Crippen LogP contribution in [0.3, 0.4) is 0 Å². The van der Waals surface area contributed by atoms with Crippen LogP contribution >= 0.6 is 11.8 Å². The summed E-state index contributed by atoms with van der Waals surface area (Å²) in [6.45, 7) is 0. The topological polar surface area (TPSA) is 25.5 Å². The zero-order valence-corrected chi connectivity index (χ0v) is 13.1. The van der Waals surface area contributed by atoms with Gasteiger partial charge in [-0.15, -0.1) is 11.8 Å². The molecule has 0 amide bonds. The summed E-state index contributed by atoms with van der Waals surface area (Å²) < 4.78 is 18.8. The van der Waals surface area contributed by atoms with Gasteiger partial charge in [0, 0.05) is 16.6 Å². The number of hydrogen-bond donors (Lipinski definition) is 0. The fourth-order valence-corrected chi connectivity index (χ4v) is 3.91. The van der Waals surface area contributed by atoms with E-state index in [1.54, 1.807) is 18.0 Å². The quantitative estimate of drug-likeness (QED) is 0.597. The molecule has 23 heavy (non-hydrogen) atoms. The molecule has 0 radical (unpaired) electrons. The maximum Gasteiger partial charge on any atom is 0.148 e. The van der Waals surface area contributed by atoms with Gasteiger partial charge in [0.15, 0.2) is 0 Å². The van der Waals surface area contributed by atoms with Crippen molar-refractivity contribution in [3.05, 3.63) is 84.1 Å². The van der Waals surface area contributed by atoms with Gasteiger partial charge in [-0.2, -0.15) is 0 Å². The van der Waals surface area contributed by atoms with E-state index in [-0.39, 0.29) is 11.1 Å². The lowest BCUT2D eigenvalue weighted by Gasteiger charge is -2.15. The number of halogens is 1.